The average Bonchev–Trinajstić information content (AvgIpc) is 3.22. The highest BCUT2D eigenvalue weighted by Crippen LogP contribution is 2.25. The van der Waals surface area contributed by atoms with Crippen molar-refractivity contribution < 1.29 is 4.79 Å². The topological polar surface area (TPSA) is 56.7 Å². The van der Waals surface area contributed by atoms with Gasteiger partial charge in [0.2, 0.25) is 0 Å². The van der Waals surface area contributed by atoms with E-state index < -0.39 is 0 Å². The molecule has 5 nitrogen and oxygen atoms in total. The lowest BCUT2D eigenvalue weighted by molar-refractivity contribution is 0.0963. The van der Waals surface area contributed by atoms with Crippen LogP contribution in [-0.4, -0.2) is 49.7 Å². The molecule has 0 aliphatic carbocycles. The Morgan fingerprint density at radius 2 is 1.93 bits per heavy atom. The number of amides is 1. The molecule has 2 N–H and O–H groups in total. The number of hydrogen-bond donors (Lipinski definition) is 2. The molecule has 28 heavy (non-hydrogen) atoms. The Morgan fingerprint density at radius 3 is 2.61 bits per heavy atom. The van der Waals surface area contributed by atoms with Crippen molar-refractivity contribution in [3.05, 3.63) is 65.7 Å². The smallest absolute Gasteiger partial charge is 0.251 e. The molecule has 0 radical (unpaired) electrons. The van der Waals surface area contributed by atoms with Gasteiger partial charge in [0, 0.05) is 49.9 Å². The largest absolute Gasteiger partial charge is 0.355 e. The van der Waals surface area contributed by atoms with Crippen LogP contribution in [0.4, 0.5) is 0 Å². The Balaban J connectivity index is 1.47. The molecule has 1 heterocycles. The number of likely N-dealkylation sites (tertiary alicyclic amines) is 1. The van der Waals surface area contributed by atoms with Crippen LogP contribution in [0.15, 0.2) is 64.5 Å². The van der Waals surface area contributed by atoms with Crippen LogP contribution in [0.3, 0.4) is 0 Å². The van der Waals surface area contributed by atoms with Crippen molar-refractivity contribution in [2.45, 2.75) is 17.9 Å². The van der Waals surface area contributed by atoms with Crippen molar-refractivity contribution in [2.24, 2.45) is 10.9 Å². The van der Waals surface area contributed by atoms with Crippen LogP contribution in [-0.2, 0) is 6.54 Å². The Hall–Kier alpha value is -2.47. The Morgan fingerprint density at radius 1 is 1.18 bits per heavy atom. The van der Waals surface area contributed by atoms with Crippen LogP contribution < -0.4 is 10.6 Å². The number of carbonyl (C=O) groups excluding carboxylic acids is 1. The van der Waals surface area contributed by atoms with Gasteiger partial charge in [-0.25, -0.2) is 0 Å². The van der Waals surface area contributed by atoms with Crippen molar-refractivity contribution in [3.8, 4) is 0 Å². The van der Waals surface area contributed by atoms with E-state index in [2.05, 4.69) is 50.9 Å². The first kappa shape index (κ1) is 20.3. The molecule has 148 valence electrons. The van der Waals surface area contributed by atoms with Gasteiger partial charge in [0.15, 0.2) is 5.96 Å². The highest BCUT2D eigenvalue weighted by molar-refractivity contribution is 7.99. The monoisotopic (exact) mass is 396 g/mol. The van der Waals surface area contributed by atoms with Gasteiger partial charge < -0.3 is 15.5 Å². The second-order valence-corrected chi connectivity index (χ2v) is 8.00. The van der Waals surface area contributed by atoms with Gasteiger partial charge in [0.1, 0.15) is 0 Å². The summed E-state index contributed by atoms with van der Waals surface area (Å²) in [6.45, 7) is 2.77. The quantitative estimate of drug-likeness (QED) is 0.447. The first-order valence-corrected chi connectivity index (χ1v) is 10.6. The number of thioether (sulfide) groups is 1. The minimum atomic E-state index is -0.0631. The number of rotatable bonds is 6. The molecule has 1 aliphatic heterocycles. The summed E-state index contributed by atoms with van der Waals surface area (Å²) in [7, 11) is 3.48. The molecule has 2 aromatic rings. The van der Waals surface area contributed by atoms with E-state index in [-0.39, 0.29) is 5.91 Å². The number of aliphatic imine (C=N–C) groups is 1. The first-order valence-electron chi connectivity index (χ1n) is 9.64. The van der Waals surface area contributed by atoms with Crippen LogP contribution in [0, 0.1) is 5.92 Å². The maximum absolute atomic E-state index is 11.6. The van der Waals surface area contributed by atoms with Crippen LogP contribution in [0.2, 0.25) is 0 Å². The van der Waals surface area contributed by atoms with Gasteiger partial charge in [-0.3, -0.25) is 9.79 Å². The summed E-state index contributed by atoms with van der Waals surface area (Å²) in [4.78, 5) is 19.8. The fraction of sp³-hybridized carbons (Fsp3) is 0.364. The van der Waals surface area contributed by atoms with Gasteiger partial charge >= 0.3 is 0 Å². The minimum Gasteiger partial charge on any atom is -0.355 e. The zero-order chi connectivity index (χ0) is 19.8. The second-order valence-electron chi connectivity index (χ2n) is 6.90. The zero-order valence-electron chi connectivity index (χ0n) is 16.5. The standard InChI is InChI=1S/C22H28N4OS/c1-23-21(27)19-10-8-17(9-11-19)14-25-22(24-2)26-13-12-18(15-26)16-28-20-6-4-3-5-7-20/h3-11,18H,12-16H2,1-2H3,(H,23,27)(H,24,25). The second kappa shape index (κ2) is 10.2. The molecule has 1 atom stereocenters. The normalized spacial score (nSPS) is 16.9. The van der Waals surface area contributed by atoms with Crippen molar-refractivity contribution >= 4 is 23.6 Å². The van der Waals surface area contributed by atoms with Gasteiger partial charge in [0.25, 0.3) is 5.91 Å². The SMILES string of the molecule is CN=C(NCc1ccc(C(=O)NC)cc1)N1CCC(CSc2ccccc2)C1. The first-order chi connectivity index (χ1) is 13.7. The third kappa shape index (κ3) is 5.52. The zero-order valence-corrected chi connectivity index (χ0v) is 17.3. The van der Waals surface area contributed by atoms with Gasteiger partial charge in [-0.05, 0) is 42.2 Å². The van der Waals surface area contributed by atoms with Crippen molar-refractivity contribution in [1.82, 2.24) is 15.5 Å². The molecule has 1 fully saturated rings. The summed E-state index contributed by atoms with van der Waals surface area (Å²) >= 11 is 1.94. The molecule has 1 unspecified atom stereocenters. The van der Waals surface area contributed by atoms with Crippen molar-refractivity contribution in [1.29, 1.82) is 0 Å². The molecule has 6 heteroatoms. The highest BCUT2D eigenvalue weighted by Gasteiger charge is 2.24. The van der Waals surface area contributed by atoms with E-state index in [1.165, 1.54) is 11.3 Å². The predicted molar refractivity (Wildman–Crippen MR) is 117 cm³/mol. The maximum atomic E-state index is 11.6. The van der Waals surface area contributed by atoms with Gasteiger partial charge in [-0.15, -0.1) is 11.8 Å². The summed E-state index contributed by atoms with van der Waals surface area (Å²) < 4.78 is 0. The van der Waals surface area contributed by atoms with Gasteiger partial charge in [-0.1, -0.05) is 30.3 Å². The average molecular weight is 397 g/mol. The molecule has 2 aromatic carbocycles. The van der Waals surface area contributed by atoms with E-state index in [0.717, 1.165) is 30.4 Å². The van der Waals surface area contributed by atoms with E-state index >= 15 is 0 Å². The number of nitrogens with one attached hydrogen (secondary N) is 2. The lowest BCUT2D eigenvalue weighted by Gasteiger charge is -2.22. The molecule has 1 aliphatic rings. The third-order valence-electron chi connectivity index (χ3n) is 4.92. The third-order valence-corrected chi connectivity index (χ3v) is 6.16. The summed E-state index contributed by atoms with van der Waals surface area (Å²) in [5, 5.41) is 6.09. The van der Waals surface area contributed by atoms with Crippen LogP contribution in [0.1, 0.15) is 22.3 Å². The van der Waals surface area contributed by atoms with E-state index in [9.17, 15) is 4.79 Å². The van der Waals surface area contributed by atoms with E-state index in [1.54, 1.807) is 7.05 Å². The summed E-state index contributed by atoms with van der Waals surface area (Å²) in [5.74, 6) is 2.70. The Kier molecular flexibility index (Phi) is 7.37. The number of guanidine groups is 1. The molecule has 0 spiro atoms. The number of nitrogens with zero attached hydrogens (tertiary/aromatic N) is 2. The Bertz CT molecular complexity index is 792. The predicted octanol–water partition coefficient (Wildman–Crippen LogP) is 3.24. The molecule has 0 saturated carbocycles. The summed E-state index contributed by atoms with van der Waals surface area (Å²) in [6, 6.07) is 18.3. The molecule has 1 saturated heterocycles. The number of hydrogen-bond acceptors (Lipinski definition) is 3. The fourth-order valence-electron chi connectivity index (χ4n) is 3.32. The maximum Gasteiger partial charge on any atom is 0.251 e. The van der Waals surface area contributed by atoms with Crippen molar-refractivity contribution in [2.75, 3.05) is 32.9 Å². The Labute approximate surface area is 171 Å². The molecular formula is C22H28N4OS. The van der Waals surface area contributed by atoms with Crippen LogP contribution in [0.5, 0.6) is 0 Å². The van der Waals surface area contributed by atoms with Crippen LogP contribution in [0.25, 0.3) is 0 Å². The molecule has 1 amide bonds. The summed E-state index contributed by atoms with van der Waals surface area (Å²) in [6.07, 6.45) is 1.20. The number of benzene rings is 2. The van der Waals surface area contributed by atoms with Gasteiger partial charge in [-0.2, -0.15) is 0 Å². The van der Waals surface area contributed by atoms with E-state index in [0.29, 0.717) is 18.0 Å². The lowest BCUT2D eigenvalue weighted by atomic mass is 10.1. The van der Waals surface area contributed by atoms with E-state index in [1.807, 2.05) is 43.1 Å². The minimum absolute atomic E-state index is 0.0631. The van der Waals surface area contributed by atoms with Gasteiger partial charge in [0.05, 0.1) is 0 Å². The summed E-state index contributed by atoms with van der Waals surface area (Å²) in [5.41, 5.74) is 1.80. The molecular weight excluding hydrogens is 368 g/mol. The van der Waals surface area contributed by atoms with E-state index in [4.69, 9.17) is 0 Å². The van der Waals surface area contributed by atoms with Crippen LogP contribution >= 0.6 is 11.8 Å². The molecule has 0 aromatic heterocycles. The molecule has 0 bridgehead atoms. The van der Waals surface area contributed by atoms with Crippen molar-refractivity contribution in [3.63, 3.8) is 0 Å². The fourth-order valence-corrected chi connectivity index (χ4v) is 4.37. The number of carbonyl (C=O) groups is 1. The highest BCUT2D eigenvalue weighted by atomic mass is 32.2. The molecule has 3 rings (SSSR count). The lowest BCUT2D eigenvalue weighted by Crippen LogP contribution is -2.39.